The van der Waals surface area contributed by atoms with E-state index in [4.69, 9.17) is 4.74 Å². The zero-order valence-corrected chi connectivity index (χ0v) is 15.0. The highest BCUT2D eigenvalue weighted by Gasteiger charge is 2.48. The van der Waals surface area contributed by atoms with Gasteiger partial charge in [0.25, 0.3) is 5.56 Å². The second-order valence-electron chi connectivity index (χ2n) is 7.34. The number of fused-ring (bicyclic) bond motifs is 1. The molecule has 130 valence electrons. The fraction of sp³-hybridized carbons (Fsp3) is 0.579. The monoisotopic (exact) mass is 329 g/mol. The van der Waals surface area contributed by atoms with Crippen molar-refractivity contribution in [1.82, 2.24) is 15.1 Å². The maximum Gasteiger partial charge on any atom is 0.274 e. The van der Waals surface area contributed by atoms with Gasteiger partial charge in [-0.15, -0.1) is 0 Å². The van der Waals surface area contributed by atoms with E-state index in [1.54, 1.807) is 10.9 Å². The Morgan fingerprint density at radius 2 is 2.17 bits per heavy atom. The third-order valence-corrected chi connectivity index (χ3v) is 5.24. The first-order valence-corrected chi connectivity index (χ1v) is 8.76. The van der Waals surface area contributed by atoms with E-state index >= 15 is 0 Å². The molecular formula is C19H27N3O2. The number of benzene rings is 1. The van der Waals surface area contributed by atoms with Gasteiger partial charge in [-0.25, -0.2) is 4.68 Å². The minimum atomic E-state index is -0.0261. The predicted octanol–water partition coefficient (Wildman–Crippen LogP) is 2.58. The molecule has 0 spiro atoms. The minimum Gasteiger partial charge on any atom is -0.378 e. The van der Waals surface area contributed by atoms with Crippen LogP contribution in [0.5, 0.6) is 0 Å². The molecule has 5 heteroatoms. The zero-order chi connectivity index (χ0) is 17.3. The third kappa shape index (κ3) is 3.10. The van der Waals surface area contributed by atoms with E-state index in [2.05, 4.69) is 31.2 Å². The Morgan fingerprint density at radius 3 is 2.88 bits per heavy atom. The normalized spacial score (nSPS) is 23.8. The Hall–Kier alpha value is -1.72. The van der Waals surface area contributed by atoms with E-state index < -0.39 is 0 Å². The minimum absolute atomic E-state index is 0.0261. The topological polar surface area (TPSA) is 56.1 Å². The van der Waals surface area contributed by atoms with Gasteiger partial charge in [-0.3, -0.25) is 4.79 Å². The molecular weight excluding hydrogens is 302 g/mol. The van der Waals surface area contributed by atoms with Crippen LogP contribution in [-0.4, -0.2) is 34.6 Å². The SMILES string of the molecule is CCO[C@@H]1C[C@@H](N[C@H](C)Cn2ncc3ccccc3c2=O)C1(C)C. The van der Waals surface area contributed by atoms with E-state index in [9.17, 15) is 4.79 Å². The lowest BCUT2D eigenvalue weighted by Crippen LogP contribution is -2.63. The number of nitrogens with zero attached hydrogens (tertiary/aromatic N) is 2. The van der Waals surface area contributed by atoms with E-state index in [0.717, 1.165) is 23.8 Å². The van der Waals surface area contributed by atoms with Crippen LogP contribution in [0.3, 0.4) is 0 Å². The molecule has 1 aliphatic carbocycles. The lowest BCUT2D eigenvalue weighted by Gasteiger charge is -2.52. The van der Waals surface area contributed by atoms with E-state index in [0.29, 0.717) is 18.7 Å². The van der Waals surface area contributed by atoms with E-state index in [-0.39, 0.29) is 17.0 Å². The van der Waals surface area contributed by atoms with Gasteiger partial charge in [-0.2, -0.15) is 5.10 Å². The van der Waals surface area contributed by atoms with Gasteiger partial charge in [0, 0.05) is 29.5 Å². The number of nitrogens with one attached hydrogen (secondary N) is 1. The van der Waals surface area contributed by atoms with Gasteiger partial charge < -0.3 is 10.1 Å². The van der Waals surface area contributed by atoms with Crippen molar-refractivity contribution >= 4 is 10.8 Å². The van der Waals surface area contributed by atoms with Gasteiger partial charge in [0.1, 0.15) is 0 Å². The lowest BCUT2D eigenvalue weighted by molar-refractivity contribution is -0.116. The van der Waals surface area contributed by atoms with Crippen molar-refractivity contribution in [2.24, 2.45) is 5.41 Å². The summed E-state index contributed by atoms with van der Waals surface area (Å²) in [6.07, 6.45) is 3.10. The molecule has 1 fully saturated rings. The molecule has 1 N–H and O–H groups in total. The van der Waals surface area contributed by atoms with Crippen molar-refractivity contribution in [3.63, 3.8) is 0 Å². The standard InChI is InChI=1S/C19H27N3O2/c1-5-24-17-10-16(19(17,3)4)21-13(2)12-22-18(23)15-9-7-6-8-14(15)11-20-22/h6-9,11,13,16-17,21H,5,10,12H2,1-4H3/t13-,16-,17-/m1/s1. The van der Waals surface area contributed by atoms with Crippen LogP contribution in [0.15, 0.2) is 35.3 Å². The molecule has 24 heavy (non-hydrogen) atoms. The molecule has 1 aromatic heterocycles. The molecule has 5 nitrogen and oxygen atoms in total. The summed E-state index contributed by atoms with van der Waals surface area (Å²) in [5.74, 6) is 0. The van der Waals surface area contributed by atoms with Crippen LogP contribution in [0, 0.1) is 5.41 Å². The number of aromatic nitrogens is 2. The smallest absolute Gasteiger partial charge is 0.274 e. The Kier molecular flexibility index (Phi) is 4.74. The van der Waals surface area contributed by atoms with Crippen molar-refractivity contribution in [2.75, 3.05) is 6.61 Å². The predicted molar refractivity (Wildman–Crippen MR) is 96.2 cm³/mol. The molecule has 1 aliphatic rings. The van der Waals surface area contributed by atoms with Crippen molar-refractivity contribution in [3.05, 3.63) is 40.8 Å². The molecule has 3 atom stereocenters. The average Bonchev–Trinajstić information content (AvgIpc) is 2.57. The summed E-state index contributed by atoms with van der Waals surface area (Å²) < 4.78 is 7.34. The summed E-state index contributed by atoms with van der Waals surface area (Å²) >= 11 is 0. The number of rotatable bonds is 6. The highest BCUT2D eigenvalue weighted by atomic mass is 16.5. The molecule has 1 heterocycles. The van der Waals surface area contributed by atoms with Crippen molar-refractivity contribution in [1.29, 1.82) is 0 Å². The Bertz CT molecular complexity index is 769. The highest BCUT2D eigenvalue weighted by molar-refractivity contribution is 5.80. The van der Waals surface area contributed by atoms with Gasteiger partial charge in [-0.05, 0) is 26.3 Å². The summed E-state index contributed by atoms with van der Waals surface area (Å²) in [6, 6.07) is 8.16. The maximum atomic E-state index is 12.6. The Labute approximate surface area is 143 Å². The summed E-state index contributed by atoms with van der Waals surface area (Å²) in [7, 11) is 0. The summed E-state index contributed by atoms with van der Waals surface area (Å²) in [5, 5.41) is 9.57. The van der Waals surface area contributed by atoms with Crippen LogP contribution in [0.1, 0.15) is 34.1 Å². The fourth-order valence-corrected chi connectivity index (χ4v) is 3.57. The van der Waals surface area contributed by atoms with Gasteiger partial charge in [0.15, 0.2) is 0 Å². The van der Waals surface area contributed by atoms with Gasteiger partial charge >= 0.3 is 0 Å². The molecule has 1 saturated carbocycles. The molecule has 0 saturated heterocycles. The van der Waals surface area contributed by atoms with Gasteiger partial charge in [0.2, 0.25) is 0 Å². The van der Waals surface area contributed by atoms with Crippen molar-refractivity contribution in [2.45, 2.75) is 58.8 Å². The molecule has 0 aliphatic heterocycles. The van der Waals surface area contributed by atoms with Gasteiger partial charge in [0.05, 0.1) is 24.2 Å². The summed E-state index contributed by atoms with van der Waals surface area (Å²) in [4.78, 5) is 12.6. The number of hydrogen-bond acceptors (Lipinski definition) is 4. The van der Waals surface area contributed by atoms with Crippen LogP contribution in [-0.2, 0) is 11.3 Å². The molecule has 0 amide bonds. The first kappa shape index (κ1) is 17.1. The van der Waals surface area contributed by atoms with Crippen LogP contribution in [0.25, 0.3) is 10.8 Å². The second kappa shape index (κ2) is 6.65. The molecule has 0 bridgehead atoms. The Balaban J connectivity index is 1.67. The number of ether oxygens (including phenoxy) is 1. The summed E-state index contributed by atoms with van der Waals surface area (Å²) in [6.45, 7) is 9.94. The van der Waals surface area contributed by atoms with Crippen LogP contribution in [0.2, 0.25) is 0 Å². The molecule has 0 unspecified atom stereocenters. The molecule has 3 rings (SSSR count). The van der Waals surface area contributed by atoms with Crippen molar-refractivity contribution < 1.29 is 4.74 Å². The average molecular weight is 329 g/mol. The van der Waals surface area contributed by atoms with E-state index in [1.165, 1.54) is 0 Å². The van der Waals surface area contributed by atoms with E-state index in [1.807, 2.05) is 31.2 Å². The third-order valence-electron chi connectivity index (χ3n) is 5.24. The van der Waals surface area contributed by atoms with Crippen LogP contribution < -0.4 is 10.9 Å². The summed E-state index contributed by atoms with van der Waals surface area (Å²) in [5.41, 5.74) is 0.0910. The Morgan fingerprint density at radius 1 is 1.42 bits per heavy atom. The highest BCUT2D eigenvalue weighted by Crippen LogP contribution is 2.42. The zero-order valence-electron chi connectivity index (χ0n) is 15.0. The first-order valence-electron chi connectivity index (χ1n) is 8.76. The van der Waals surface area contributed by atoms with Gasteiger partial charge in [-0.1, -0.05) is 32.0 Å². The van der Waals surface area contributed by atoms with Crippen LogP contribution >= 0.6 is 0 Å². The first-order chi connectivity index (χ1) is 11.4. The molecule has 1 aromatic carbocycles. The largest absolute Gasteiger partial charge is 0.378 e. The van der Waals surface area contributed by atoms with Crippen LogP contribution in [0.4, 0.5) is 0 Å². The fourth-order valence-electron chi connectivity index (χ4n) is 3.57. The lowest BCUT2D eigenvalue weighted by atomic mass is 9.64. The second-order valence-corrected chi connectivity index (χ2v) is 7.34. The maximum absolute atomic E-state index is 12.6. The molecule has 2 aromatic rings. The van der Waals surface area contributed by atoms with Crippen molar-refractivity contribution in [3.8, 4) is 0 Å². The molecule has 0 radical (unpaired) electrons. The quantitative estimate of drug-likeness (QED) is 0.885. The number of hydrogen-bond donors (Lipinski definition) is 1.